The number of rotatable bonds is 6. The van der Waals surface area contributed by atoms with Crippen LogP contribution in [0.2, 0.25) is 0 Å². The van der Waals surface area contributed by atoms with Gasteiger partial charge in [-0.25, -0.2) is 0 Å². The minimum absolute atomic E-state index is 0. The second-order valence-corrected chi connectivity index (χ2v) is 7.70. The molecule has 2 aliphatic rings. The van der Waals surface area contributed by atoms with Crippen molar-refractivity contribution in [3.05, 3.63) is 29.8 Å². The fraction of sp³-hybridized carbons (Fsp3) is 0.619. The molecular formula is C21H32ClN3O3. The van der Waals surface area contributed by atoms with E-state index in [1.807, 2.05) is 29.2 Å². The molecule has 2 heterocycles. The van der Waals surface area contributed by atoms with Crippen molar-refractivity contribution in [1.29, 1.82) is 0 Å². The zero-order valence-corrected chi connectivity index (χ0v) is 17.4. The van der Waals surface area contributed by atoms with Crippen LogP contribution in [0, 0.1) is 11.8 Å². The number of carbonyl (C=O) groups is 2. The number of ether oxygens (including phenoxy) is 1. The number of nitrogens with zero attached hydrogens (tertiary/aromatic N) is 1. The molecule has 1 aromatic carbocycles. The van der Waals surface area contributed by atoms with Crippen molar-refractivity contribution in [3.8, 4) is 0 Å². The maximum Gasteiger partial charge on any atom is 0.227 e. The van der Waals surface area contributed by atoms with Gasteiger partial charge in [0.2, 0.25) is 11.8 Å². The van der Waals surface area contributed by atoms with Crippen molar-refractivity contribution in [3.63, 3.8) is 0 Å². The van der Waals surface area contributed by atoms with Gasteiger partial charge in [0.25, 0.3) is 0 Å². The molecule has 1 aromatic rings. The summed E-state index contributed by atoms with van der Waals surface area (Å²) in [4.78, 5) is 26.5. The number of benzene rings is 1. The lowest BCUT2D eigenvalue weighted by atomic mass is 9.85. The lowest BCUT2D eigenvalue weighted by Gasteiger charge is -2.28. The van der Waals surface area contributed by atoms with Crippen molar-refractivity contribution in [2.24, 2.45) is 11.8 Å². The third-order valence-corrected chi connectivity index (χ3v) is 5.60. The van der Waals surface area contributed by atoms with Gasteiger partial charge in [0.15, 0.2) is 0 Å². The fourth-order valence-corrected chi connectivity index (χ4v) is 3.84. The zero-order chi connectivity index (χ0) is 19.1. The first-order valence-corrected chi connectivity index (χ1v) is 10.1. The van der Waals surface area contributed by atoms with E-state index in [2.05, 4.69) is 17.6 Å². The third-order valence-electron chi connectivity index (χ3n) is 5.60. The van der Waals surface area contributed by atoms with Gasteiger partial charge in [-0.05, 0) is 55.5 Å². The molecule has 2 atom stereocenters. The van der Waals surface area contributed by atoms with Crippen LogP contribution in [0.15, 0.2) is 24.3 Å². The van der Waals surface area contributed by atoms with Crippen molar-refractivity contribution < 1.29 is 14.3 Å². The van der Waals surface area contributed by atoms with Gasteiger partial charge in [0.1, 0.15) is 0 Å². The van der Waals surface area contributed by atoms with Crippen LogP contribution in [0.1, 0.15) is 31.7 Å². The summed E-state index contributed by atoms with van der Waals surface area (Å²) >= 11 is 0. The van der Waals surface area contributed by atoms with Crippen LogP contribution in [0.5, 0.6) is 0 Å². The Hall–Kier alpha value is -1.63. The summed E-state index contributed by atoms with van der Waals surface area (Å²) in [7, 11) is 0. The summed E-state index contributed by atoms with van der Waals surface area (Å²) in [5.41, 5.74) is 1.75. The number of carbonyl (C=O) groups excluding carboxylic acids is 2. The summed E-state index contributed by atoms with van der Waals surface area (Å²) in [6, 6.07) is 7.60. The predicted molar refractivity (Wildman–Crippen MR) is 113 cm³/mol. The van der Waals surface area contributed by atoms with Gasteiger partial charge in [0.05, 0.1) is 19.6 Å². The Morgan fingerprint density at radius 1 is 1.25 bits per heavy atom. The molecule has 2 N–H and O–H groups in total. The normalized spacial score (nSPS) is 20.8. The SMILES string of the molecule is CC(CC(=O)Nc1ccc(CC(=O)N2CCOCC2)cc1)C1CCCNC1.Cl. The highest BCUT2D eigenvalue weighted by atomic mass is 35.5. The van der Waals surface area contributed by atoms with Gasteiger partial charge in [0, 0.05) is 25.2 Å². The van der Waals surface area contributed by atoms with E-state index < -0.39 is 0 Å². The number of amides is 2. The van der Waals surface area contributed by atoms with E-state index in [9.17, 15) is 9.59 Å². The van der Waals surface area contributed by atoms with E-state index in [1.54, 1.807) is 0 Å². The van der Waals surface area contributed by atoms with Crippen LogP contribution in [0.3, 0.4) is 0 Å². The average molecular weight is 410 g/mol. The molecule has 2 saturated heterocycles. The number of piperidine rings is 1. The van der Waals surface area contributed by atoms with Crippen LogP contribution in [-0.4, -0.2) is 56.1 Å². The van der Waals surface area contributed by atoms with Crippen LogP contribution < -0.4 is 10.6 Å². The van der Waals surface area contributed by atoms with E-state index >= 15 is 0 Å². The molecule has 156 valence electrons. The molecule has 0 aromatic heterocycles. The Labute approximate surface area is 173 Å². The van der Waals surface area contributed by atoms with Gasteiger partial charge >= 0.3 is 0 Å². The Bertz CT molecular complexity index is 626. The molecule has 7 heteroatoms. The van der Waals surface area contributed by atoms with Gasteiger partial charge in [-0.1, -0.05) is 19.1 Å². The minimum atomic E-state index is 0. The van der Waals surface area contributed by atoms with Crippen molar-refractivity contribution in [1.82, 2.24) is 10.2 Å². The molecule has 0 aliphatic carbocycles. The van der Waals surface area contributed by atoms with Crippen molar-refractivity contribution in [2.45, 2.75) is 32.6 Å². The highest BCUT2D eigenvalue weighted by molar-refractivity contribution is 5.91. The monoisotopic (exact) mass is 409 g/mol. The Kier molecular flexibility index (Phi) is 9.22. The van der Waals surface area contributed by atoms with E-state index in [0.717, 1.165) is 24.3 Å². The predicted octanol–water partition coefficient (Wildman–Crippen LogP) is 2.47. The number of anilines is 1. The minimum Gasteiger partial charge on any atom is -0.378 e. The second kappa shape index (κ2) is 11.4. The van der Waals surface area contributed by atoms with Crippen molar-refractivity contribution in [2.75, 3.05) is 44.7 Å². The van der Waals surface area contributed by atoms with Crippen LogP contribution in [0.4, 0.5) is 5.69 Å². The molecule has 2 amide bonds. The lowest BCUT2D eigenvalue weighted by molar-refractivity contribution is -0.134. The molecule has 0 saturated carbocycles. The summed E-state index contributed by atoms with van der Waals surface area (Å²) in [6.07, 6.45) is 3.33. The first-order chi connectivity index (χ1) is 13.1. The third kappa shape index (κ3) is 6.76. The van der Waals surface area contributed by atoms with Crippen LogP contribution in [0.25, 0.3) is 0 Å². The molecular weight excluding hydrogens is 378 g/mol. The van der Waals surface area contributed by atoms with E-state index in [1.165, 1.54) is 12.8 Å². The van der Waals surface area contributed by atoms with Gasteiger partial charge in [-0.3, -0.25) is 9.59 Å². The number of hydrogen-bond donors (Lipinski definition) is 2. The summed E-state index contributed by atoms with van der Waals surface area (Å²) in [5.74, 6) is 1.15. The highest BCUT2D eigenvalue weighted by Crippen LogP contribution is 2.23. The second-order valence-electron chi connectivity index (χ2n) is 7.70. The van der Waals surface area contributed by atoms with E-state index in [4.69, 9.17) is 4.74 Å². The molecule has 0 radical (unpaired) electrons. The maximum atomic E-state index is 12.3. The molecule has 0 spiro atoms. The van der Waals surface area contributed by atoms with Crippen LogP contribution >= 0.6 is 12.4 Å². The molecule has 28 heavy (non-hydrogen) atoms. The number of morpholine rings is 1. The summed E-state index contributed by atoms with van der Waals surface area (Å²) in [5, 5.41) is 6.40. The number of nitrogens with one attached hydrogen (secondary N) is 2. The quantitative estimate of drug-likeness (QED) is 0.757. The highest BCUT2D eigenvalue weighted by Gasteiger charge is 2.22. The lowest BCUT2D eigenvalue weighted by Crippen LogP contribution is -2.41. The summed E-state index contributed by atoms with van der Waals surface area (Å²) < 4.78 is 5.28. The number of hydrogen-bond acceptors (Lipinski definition) is 4. The van der Waals surface area contributed by atoms with Gasteiger partial charge in [-0.2, -0.15) is 0 Å². The Balaban J connectivity index is 0.00000280. The molecule has 0 bridgehead atoms. The fourth-order valence-electron chi connectivity index (χ4n) is 3.84. The molecule has 2 unspecified atom stereocenters. The topological polar surface area (TPSA) is 70.7 Å². The molecule has 3 rings (SSSR count). The van der Waals surface area contributed by atoms with E-state index in [-0.39, 0.29) is 24.2 Å². The van der Waals surface area contributed by atoms with Crippen molar-refractivity contribution >= 4 is 29.9 Å². The van der Waals surface area contributed by atoms with Gasteiger partial charge in [-0.15, -0.1) is 12.4 Å². The Morgan fingerprint density at radius 3 is 2.61 bits per heavy atom. The zero-order valence-electron chi connectivity index (χ0n) is 16.6. The largest absolute Gasteiger partial charge is 0.378 e. The molecule has 2 aliphatic heterocycles. The Morgan fingerprint density at radius 2 is 1.96 bits per heavy atom. The van der Waals surface area contributed by atoms with Gasteiger partial charge < -0.3 is 20.3 Å². The standard InChI is InChI=1S/C21H31N3O3.ClH/c1-16(18-3-2-8-22-15-18)13-20(25)23-19-6-4-17(5-7-19)14-21(26)24-9-11-27-12-10-24;/h4-7,16,18,22H,2-3,8-15H2,1H3,(H,23,25);1H. The summed E-state index contributed by atoms with van der Waals surface area (Å²) in [6.45, 7) is 6.84. The average Bonchev–Trinajstić information content (AvgIpc) is 2.70. The first-order valence-electron chi connectivity index (χ1n) is 10.1. The smallest absolute Gasteiger partial charge is 0.227 e. The molecule has 6 nitrogen and oxygen atoms in total. The first kappa shape index (κ1) is 22.7. The maximum absolute atomic E-state index is 12.3. The number of halogens is 1. The van der Waals surface area contributed by atoms with Crippen LogP contribution in [-0.2, 0) is 20.7 Å². The van der Waals surface area contributed by atoms with E-state index in [0.29, 0.717) is 51.0 Å². The molecule has 2 fully saturated rings.